The number of furan rings is 1. The number of para-hydroxylation sites is 1. The number of halogens is 1. The molecule has 5 rings (SSSR count). The number of rotatable bonds is 6. The van der Waals surface area contributed by atoms with Gasteiger partial charge in [0.2, 0.25) is 10.0 Å². The molecule has 1 fully saturated rings. The molecule has 0 N–H and O–H groups in total. The van der Waals surface area contributed by atoms with Gasteiger partial charge in [0, 0.05) is 18.7 Å². The van der Waals surface area contributed by atoms with Gasteiger partial charge in [-0.2, -0.15) is 4.31 Å². The number of carbonyl (C=O) groups excluding carboxylic acids is 1. The second kappa shape index (κ2) is 9.97. The highest BCUT2D eigenvalue weighted by molar-refractivity contribution is 7.89. The van der Waals surface area contributed by atoms with Gasteiger partial charge in [-0.05, 0) is 66.8 Å². The third-order valence-electron chi connectivity index (χ3n) is 6.30. The van der Waals surface area contributed by atoms with Crippen LogP contribution < -0.4 is 4.90 Å². The predicted octanol–water partition coefficient (Wildman–Crippen LogP) is 6.06. The number of piperidine rings is 1. The SMILES string of the molecule is CC1CC(C)CN(S(=O)(=O)c2ccc(C(=O)N(Cc3ccco3)c3nc4c(Cl)cccc4s3)cc2)C1. The van der Waals surface area contributed by atoms with Crippen LogP contribution in [0, 0.1) is 11.8 Å². The standard InChI is InChI=1S/C26H26ClN3O4S2/c1-17-13-18(2)15-29(14-17)36(32,33)21-10-8-19(9-11-21)25(31)30(16-20-5-4-12-34-20)26-28-24-22(27)6-3-7-23(24)35-26/h3-12,17-18H,13-16H2,1-2H3. The molecule has 1 aliphatic rings. The molecule has 2 aromatic carbocycles. The fourth-order valence-corrected chi connectivity index (χ4v) is 7.62. The quantitative estimate of drug-likeness (QED) is 0.295. The summed E-state index contributed by atoms with van der Waals surface area (Å²) in [5.41, 5.74) is 0.981. The van der Waals surface area contributed by atoms with Gasteiger partial charge >= 0.3 is 0 Å². The van der Waals surface area contributed by atoms with Crippen LogP contribution in [0.3, 0.4) is 0 Å². The zero-order valence-electron chi connectivity index (χ0n) is 19.9. The van der Waals surface area contributed by atoms with Gasteiger partial charge in [0.05, 0.1) is 27.4 Å². The summed E-state index contributed by atoms with van der Waals surface area (Å²) in [6.45, 7) is 5.33. The Bertz CT molecular complexity index is 1470. The number of fused-ring (bicyclic) bond motifs is 1. The normalized spacial score (nSPS) is 19.0. The van der Waals surface area contributed by atoms with E-state index in [0.29, 0.717) is 51.9 Å². The van der Waals surface area contributed by atoms with Gasteiger partial charge in [0.15, 0.2) is 5.13 Å². The van der Waals surface area contributed by atoms with Crippen molar-refractivity contribution in [3.8, 4) is 0 Å². The van der Waals surface area contributed by atoms with E-state index in [2.05, 4.69) is 18.8 Å². The summed E-state index contributed by atoms with van der Waals surface area (Å²) in [4.78, 5) is 20.0. The van der Waals surface area contributed by atoms with Gasteiger partial charge in [0.1, 0.15) is 11.3 Å². The van der Waals surface area contributed by atoms with Crippen LogP contribution in [0.15, 0.2) is 70.2 Å². The number of amides is 1. The van der Waals surface area contributed by atoms with E-state index in [1.165, 1.54) is 28.4 Å². The first kappa shape index (κ1) is 25.0. The lowest BCUT2D eigenvalue weighted by molar-refractivity contribution is 0.0983. The second-order valence-corrected chi connectivity index (χ2v) is 12.7. The highest BCUT2D eigenvalue weighted by atomic mass is 35.5. The summed E-state index contributed by atoms with van der Waals surface area (Å²) in [5, 5.41) is 0.990. The van der Waals surface area contributed by atoms with Crippen molar-refractivity contribution in [2.24, 2.45) is 11.8 Å². The molecule has 10 heteroatoms. The van der Waals surface area contributed by atoms with Gasteiger partial charge in [-0.3, -0.25) is 9.69 Å². The smallest absolute Gasteiger partial charge is 0.260 e. The summed E-state index contributed by atoms with van der Waals surface area (Å²) in [6.07, 6.45) is 2.57. The number of carbonyl (C=O) groups is 1. The number of hydrogen-bond donors (Lipinski definition) is 0. The van der Waals surface area contributed by atoms with Crippen molar-refractivity contribution in [2.75, 3.05) is 18.0 Å². The molecule has 0 saturated carbocycles. The number of nitrogens with zero attached hydrogens (tertiary/aromatic N) is 3. The van der Waals surface area contributed by atoms with E-state index in [4.69, 9.17) is 16.0 Å². The first-order valence-corrected chi connectivity index (χ1v) is 14.4. The summed E-state index contributed by atoms with van der Waals surface area (Å²) < 4.78 is 34.4. The van der Waals surface area contributed by atoms with Crippen molar-refractivity contribution in [1.29, 1.82) is 0 Å². The average Bonchev–Trinajstić information content (AvgIpc) is 3.52. The number of thiazole rings is 1. The maximum absolute atomic E-state index is 13.6. The van der Waals surface area contributed by atoms with Crippen molar-refractivity contribution < 1.29 is 17.6 Å². The molecular weight excluding hydrogens is 518 g/mol. The second-order valence-electron chi connectivity index (χ2n) is 9.35. The number of sulfonamides is 1. The third-order valence-corrected chi connectivity index (χ3v) is 9.50. The van der Waals surface area contributed by atoms with E-state index < -0.39 is 10.0 Å². The lowest BCUT2D eigenvalue weighted by atomic mass is 9.94. The molecule has 0 bridgehead atoms. The molecule has 36 heavy (non-hydrogen) atoms. The molecule has 0 aliphatic carbocycles. The van der Waals surface area contributed by atoms with Crippen molar-refractivity contribution in [1.82, 2.24) is 9.29 Å². The molecule has 0 radical (unpaired) electrons. The Balaban J connectivity index is 1.45. The van der Waals surface area contributed by atoms with Crippen LogP contribution in [0.25, 0.3) is 10.2 Å². The minimum atomic E-state index is -3.64. The molecule has 7 nitrogen and oxygen atoms in total. The molecule has 2 atom stereocenters. The predicted molar refractivity (Wildman–Crippen MR) is 142 cm³/mol. The Morgan fingerprint density at radius 3 is 2.47 bits per heavy atom. The van der Waals surface area contributed by atoms with Crippen LogP contribution in [-0.4, -0.2) is 36.7 Å². The molecule has 3 heterocycles. The van der Waals surface area contributed by atoms with E-state index in [1.807, 2.05) is 12.1 Å². The summed E-state index contributed by atoms with van der Waals surface area (Å²) in [6, 6.07) is 15.2. The van der Waals surface area contributed by atoms with Crippen LogP contribution in [0.4, 0.5) is 5.13 Å². The molecule has 1 amide bonds. The van der Waals surface area contributed by atoms with Gasteiger partial charge in [-0.25, -0.2) is 13.4 Å². The Hall–Kier alpha value is -2.72. The van der Waals surface area contributed by atoms with Gasteiger partial charge in [0.25, 0.3) is 5.91 Å². The van der Waals surface area contributed by atoms with Crippen LogP contribution in [0.1, 0.15) is 36.4 Å². The largest absolute Gasteiger partial charge is 0.467 e. The maximum atomic E-state index is 13.6. The van der Waals surface area contributed by atoms with E-state index in [1.54, 1.807) is 40.9 Å². The Labute approximate surface area is 219 Å². The van der Waals surface area contributed by atoms with Crippen LogP contribution in [0.5, 0.6) is 0 Å². The minimum absolute atomic E-state index is 0.173. The molecular formula is C26H26ClN3O4S2. The van der Waals surface area contributed by atoms with E-state index in [9.17, 15) is 13.2 Å². The zero-order chi connectivity index (χ0) is 25.4. The van der Waals surface area contributed by atoms with Gasteiger partial charge in [-0.15, -0.1) is 0 Å². The third kappa shape index (κ3) is 4.93. The van der Waals surface area contributed by atoms with Crippen molar-refractivity contribution in [3.05, 3.63) is 77.2 Å². The number of hydrogen-bond acceptors (Lipinski definition) is 6. The van der Waals surface area contributed by atoms with Crippen LogP contribution in [-0.2, 0) is 16.6 Å². The monoisotopic (exact) mass is 543 g/mol. The Morgan fingerprint density at radius 2 is 1.83 bits per heavy atom. The Morgan fingerprint density at radius 1 is 1.11 bits per heavy atom. The molecule has 1 aliphatic heterocycles. The average molecular weight is 544 g/mol. The lowest BCUT2D eigenvalue weighted by Gasteiger charge is -2.34. The maximum Gasteiger partial charge on any atom is 0.260 e. The van der Waals surface area contributed by atoms with Gasteiger partial charge < -0.3 is 4.42 Å². The minimum Gasteiger partial charge on any atom is -0.467 e. The van der Waals surface area contributed by atoms with E-state index in [0.717, 1.165) is 11.1 Å². The molecule has 2 unspecified atom stereocenters. The first-order valence-electron chi connectivity index (χ1n) is 11.7. The summed E-state index contributed by atoms with van der Waals surface area (Å²) in [7, 11) is -3.64. The topological polar surface area (TPSA) is 83.7 Å². The molecule has 188 valence electrons. The van der Waals surface area contributed by atoms with Gasteiger partial charge in [-0.1, -0.05) is 42.9 Å². The lowest BCUT2D eigenvalue weighted by Crippen LogP contribution is -2.42. The first-order chi connectivity index (χ1) is 17.2. The number of aromatic nitrogens is 1. The summed E-state index contributed by atoms with van der Waals surface area (Å²) in [5.74, 6) is 0.899. The fraction of sp³-hybridized carbons (Fsp3) is 0.308. The molecule has 2 aromatic heterocycles. The Kier molecular flexibility index (Phi) is 6.91. The highest BCUT2D eigenvalue weighted by Crippen LogP contribution is 2.34. The highest BCUT2D eigenvalue weighted by Gasteiger charge is 2.32. The van der Waals surface area contributed by atoms with E-state index >= 15 is 0 Å². The van der Waals surface area contributed by atoms with Crippen LogP contribution in [0.2, 0.25) is 5.02 Å². The summed E-state index contributed by atoms with van der Waals surface area (Å²) >= 11 is 7.67. The fourth-order valence-electron chi connectivity index (χ4n) is 4.68. The number of benzene rings is 2. The zero-order valence-corrected chi connectivity index (χ0v) is 22.3. The van der Waals surface area contributed by atoms with Crippen molar-refractivity contribution >= 4 is 54.2 Å². The molecule has 1 saturated heterocycles. The van der Waals surface area contributed by atoms with Crippen molar-refractivity contribution in [3.63, 3.8) is 0 Å². The molecule has 4 aromatic rings. The molecule has 0 spiro atoms. The number of anilines is 1. The van der Waals surface area contributed by atoms with Crippen LogP contribution >= 0.6 is 22.9 Å². The van der Waals surface area contributed by atoms with E-state index in [-0.39, 0.29) is 17.3 Å². The van der Waals surface area contributed by atoms with Crippen molar-refractivity contribution in [2.45, 2.75) is 31.7 Å².